The third-order valence-corrected chi connectivity index (χ3v) is 3.46. The van der Waals surface area contributed by atoms with Crippen molar-refractivity contribution in [3.05, 3.63) is 29.1 Å². The molecule has 1 aromatic carbocycles. The Bertz CT molecular complexity index is 416. The molecule has 1 aliphatic rings. The minimum atomic E-state index is -0.419. The summed E-state index contributed by atoms with van der Waals surface area (Å²) in [5, 5.41) is 0. The van der Waals surface area contributed by atoms with Crippen molar-refractivity contribution in [3.63, 3.8) is 0 Å². The number of halogens is 1. The van der Waals surface area contributed by atoms with Crippen LogP contribution in [0.2, 0.25) is 0 Å². The quantitative estimate of drug-likeness (QED) is 0.877. The molecule has 0 radical (unpaired) electrons. The topological polar surface area (TPSA) is 44.5 Å². The molecule has 3 nitrogen and oxygen atoms in total. The van der Waals surface area contributed by atoms with Crippen molar-refractivity contribution in [2.75, 3.05) is 14.2 Å². The van der Waals surface area contributed by atoms with E-state index < -0.39 is 5.54 Å². The number of methoxy groups -OCH3 is 2. The standard InChI is InChI=1S/C13H18FNO2/c1-16-8-9-4-5-10(12(17-2)11(9)14)13(15)6-3-7-13/h4-5H,3,6-8,15H2,1-2H3. The Morgan fingerprint density at radius 1 is 1.35 bits per heavy atom. The van der Waals surface area contributed by atoms with Gasteiger partial charge in [-0.3, -0.25) is 0 Å². The highest BCUT2D eigenvalue weighted by molar-refractivity contribution is 5.44. The zero-order valence-corrected chi connectivity index (χ0v) is 10.3. The lowest BCUT2D eigenvalue weighted by Crippen LogP contribution is -2.43. The van der Waals surface area contributed by atoms with Crippen molar-refractivity contribution in [2.24, 2.45) is 5.73 Å². The van der Waals surface area contributed by atoms with Gasteiger partial charge in [-0.25, -0.2) is 4.39 Å². The SMILES string of the molecule is COCc1ccc(C2(N)CCC2)c(OC)c1F. The molecule has 1 saturated carbocycles. The predicted molar refractivity (Wildman–Crippen MR) is 63.4 cm³/mol. The Morgan fingerprint density at radius 3 is 2.53 bits per heavy atom. The molecule has 94 valence electrons. The number of nitrogens with two attached hydrogens (primary N) is 1. The van der Waals surface area contributed by atoms with Crippen molar-refractivity contribution in [3.8, 4) is 5.75 Å². The van der Waals surface area contributed by atoms with Crippen LogP contribution in [-0.4, -0.2) is 14.2 Å². The number of rotatable bonds is 4. The predicted octanol–water partition coefficient (Wildman–Crippen LogP) is 2.32. The zero-order chi connectivity index (χ0) is 12.5. The van der Waals surface area contributed by atoms with Gasteiger partial charge in [0.05, 0.1) is 13.7 Å². The van der Waals surface area contributed by atoms with Crippen molar-refractivity contribution in [1.29, 1.82) is 0 Å². The molecule has 1 aromatic rings. The summed E-state index contributed by atoms with van der Waals surface area (Å²) < 4.78 is 24.3. The Morgan fingerprint density at radius 2 is 2.06 bits per heavy atom. The number of benzene rings is 1. The fraction of sp³-hybridized carbons (Fsp3) is 0.538. The van der Waals surface area contributed by atoms with Crippen LogP contribution in [0.25, 0.3) is 0 Å². The lowest BCUT2D eigenvalue weighted by Gasteiger charge is -2.39. The second-order valence-corrected chi connectivity index (χ2v) is 4.56. The van der Waals surface area contributed by atoms with E-state index in [0.717, 1.165) is 24.8 Å². The monoisotopic (exact) mass is 239 g/mol. The van der Waals surface area contributed by atoms with Crippen LogP contribution in [-0.2, 0) is 16.9 Å². The van der Waals surface area contributed by atoms with E-state index in [9.17, 15) is 4.39 Å². The van der Waals surface area contributed by atoms with E-state index in [2.05, 4.69) is 0 Å². The van der Waals surface area contributed by atoms with Crippen LogP contribution in [0.15, 0.2) is 12.1 Å². The van der Waals surface area contributed by atoms with Gasteiger partial charge in [-0.15, -0.1) is 0 Å². The second kappa shape index (κ2) is 4.63. The van der Waals surface area contributed by atoms with Crippen LogP contribution in [0.3, 0.4) is 0 Å². The lowest BCUT2D eigenvalue weighted by atomic mass is 9.72. The molecule has 0 heterocycles. The Hall–Kier alpha value is -1.13. The van der Waals surface area contributed by atoms with Crippen molar-refractivity contribution in [1.82, 2.24) is 0 Å². The molecular weight excluding hydrogens is 221 g/mol. The van der Waals surface area contributed by atoms with Crippen molar-refractivity contribution in [2.45, 2.75) is 31.4 Å². The highest BCUT2D eigenvalue weighted by Crippen LogP contribution is 2.44. The summed E-state index contributed by atoms with van der Waals surface area (Å²) in [6.07, 6.45) is 2.85. The van der Waals surface area contributed by atoms with Gasteiger partial charge in [0.25, 0.3) is 0 Å². The van der Waals surface area contributed by atoms with E-state index in [1.165, 1.54) is 14.2 Å². The fourth-order valence-corrected chi connectivity index (χ4v) is 2.28. The number of hydrogen-bond acceptors (Lipinski definition) is 3. The summed E-state index contributed by atoms with van der Waals surface area (Å²) in [5.41, 5.74) is 7.06. The summed E-state index contributed by atoms with van der Waals surface area (Å²) in [6.45, 7) is 0.236. The fourth-order valence-electron chi connectivity index (χ4n) is 2.28. The Balaban J connectivity index is 2.43. The van der Waals surface area contributed by atoms with Gasteiger partial charge in [0.1, 0.15) is 0 Å². The molecule has 0 atom stereocenters. The molecule has 0 aliphatic heterocycles. The van der Waals surface area contributed by atoms with E-state index in [1.54, 1.807) is 6.07 Å². The maximum atomic E-state index is 14.2. The molecule has 0 aromatic heterocycles. The second-order valence-electron chi connectivity index (χ2n) is 4.56. The zero-order valence-electron chi connectivity index (χ0n) is 10.3. The van der Waals surface area contributed by atoms with Crippen LogP contribution < -0.4 is 10.5 Å². The number of ether oxygens (including phenoxy) is 2. The summed E-state index contributed by atoms with van der Waals surface area (Å²) in [5.74, 6) is -0.0923. The van der Waals surface area contributed by atoms with Gasteiger partial charge in [-0.2, -0.15) is 0 Å². The van der Waals surface area contributed by atoms with Gasteiger partial charge in [0.15, 0.2) is 11.6 Å². The molecule has 0 bridgehead atoms. The molecule has 0 amide bonds. The molecular formula is C13H18FNO2. The van der Waals surface area contributed by atoms with Gasteiger partial charge in [0.2, 0.25) is 0 Å². The minimum absolute atomic E-state index is 0.236. The smallest absolute Gasteiger partial charge is 0.170 e. The van der Waals surface area contributed by atoms with E-state index in [0.29, 0.717) is 5.56 Å². The van der Waals surface area contributed by atoms with Crippen LogP contribution >= 0.6 is 0 Å². The number of hydrogen-bond donors (Lipinski definition) is 1. The van der Waals surface area contributed by atoms with Crippen LogP contribution in [0.4, 0.5) is 4.39 Å². The average molecular weight is 239 g/mol. The third-order valence-electron chi connectivity index (χ3n) is 3.46. The summed E-state index contributed by atoms with van der Waals surface area (Å²) in [6, 6.07) is 3.58. The first-order valence-corrected chi connectivity index (χ1v) is 5.76. The van der Waals surface area contributed by atoms with E-state index in [1.807, 2.05) is 6.07 Å². The van der Waals surface area contributed by atoms with E-state index in [-0.39, 0.29) is 18.2 Å². The first kappa shape index (κ1) is 12.3. The maximum Gasteiger partial charge on any atom is 0.170 e. The van der Waals surface area contributed by atoms with Gasteiger partial charge in [-0.1, -0.05) is 12.1 Å². The van der Waals surface area contributed by atoms with Gasteiger partial charge in [-0.05, 0) is 19.3 Å². The third kappa shape index (κ3) is 2.03. The lowest BCUT2D eigenvalue weighted by molar-refractivity contribution is 0.179. The average Bonchev–Trinajstić information content (AvgIpc) is 2.28. The largest absolute Gasteiger partial charge is 0.493 e. The summed E-state index contributed by atoms with van der Waals surface area (Å²) in [7, 11) is 3.01. The molecule has 0 unspecified atom stereocenters. The molecule has 4 heteroatoms. The maximum absolute atomic E-state index is 14.2. The highest BCUT2D eigenvalue weighted by atomic mass is 19.1. The summed E-state index contributed by atoms with van der Waals surface area (Å²) in [4.78, 5) is 0. The van der Waals surface area contributed by atoms with Crippen LogP contribution in [0, 0.1) is 5.82 Å². The molecule has 1 fully saturated rings. The van der Waals surface area contributed by atoms with E-state index in [4.69, 9.17) is 15.2 Å². The molecule has 2 rings (SSSR count). The first-order valence-electron chi connectivity index (χ1n) is 5.76. The van der Waals surface area contributed by atoms with Crippen molar-refractivity contribution < 1.29 is 13.9 Å². The van der Waals surface area contributed by atoms with Gasteiger partial charge in [0, 0.05) is 23.8 Å². The molecule has 17 heavy (non-hydrogen) atoms. The van der Waals surface area contributed by atoms with Crippen LogP contribution in [0.1, 0.15) is 30.4 Å². The van der Waals surface area contributed by atoms with Gasteiger partial charge < -0.3 is 15.2 Å². The van der Waals surface area contributed by atoms with E-state index >= 15 is 0 Å². The molecule has 1 aliphatic carbocycles. The van der Waals surface area contributed by atoms with Crippen LogP contribution in [0.5, 0.6) is 5.75 Å². The summed E-state index contributed by atoms with van der Waals surface area (Å²) >= 11 is 0. The minimum Gasteiger partial charge on any atom is -0.493 e. The normalized spacial score (nSPS) is 17.6. The first-order chi connectivity index (χ1) is 8.12. The van der Waals surface area contributed by atoms with Gasteiger partial charge >= 0.3 is 0 Å². The molecule has 2 N–H and O–H groups in total. The Labute approximate surface area is 101 Å². The molecule has 0 spiro atoms. The molecule has 0 saturated heterocycles. The Kier molecular flexibility index (Phi) is 3.35. The highest BCUT2D eigenvalue weighted by Gasteiger charge is 2.37. The van der Waals surface area contributed by atoms with Crippen molar-refractivity contribution >= 4 is 0 Å².